The third kappa shape index (κ3) is 8.39. The summed E-state index contributed by atoms with van der Waals surface area (Å²) >= 11 is 0. The summed E-state index contributed by atoms with van der Waals surface area (Å²) in [6.45, 7) is 8.30. The fraction of sp³-hybridized carbons (Fsp3) is 0.314. The second kappa shape index (κ2) is 14.5. The van der Waals surface area contributed by atoms with E-state index in [4.69, 9.17) is 9.47 Å². The van der Waals surface area contributed by atoms with Crippen LogP contribution in [0, 0.1) is 0 Å². The van der Waals surface area contributed by atoms with Gasteiger partial charge in [-0.15, -0.1) is 0 Å². The third-order valence-corrected chi connectivity index (χ3v) is 12.2. The number of hydrogen-bond donors (Lipinski definition) is 2. The van der Waals surface area contributed by atoms with E-state index in [1.54, 1.807) is 19.1 Å². The lowest BCUT2D eigenvalue weighted by atomic mass is 9.73. The van der Waals surface area contributed by atoms with Crippen LogP contribution in [-0.2, 0) is 35.5 Å². The zero-order valence-corrected chi connectivity index (χ0v) is 31.5. The van der Waals surface area contributed by atoms with Crippen molar-refractivity contribution >= 4 is 30.1 Å². The molecule has 10 nitrogen and oxygen atoms in total. The van der Waals surface area contributed by atoms with Crippen molar-refractivity contribution in [1.29, 1.82) is 0 Å². The van der Waals surface area contributed by atoms with Gasteiger partial charge in [-0.3, -0.25) is 9.11 Å². The Labute approximate surface area is 308 Å². The Morgan fingerprint density at radius 3 is 1.43 bits per heavy atom. The van der Waals surface area contributed by atoms with Crippen molar-refractivity contribution in [2.24, 2.45) is 0 Å². The molecule has 0 saturated heterocycles. The number of ether oxygens (including phenoxy) is 2. The molecule has 0 bridgehead atoms. The van der Waals surface area contributed by atoms with Gasteiger partial charge in [-0.25, -0.2) is 8.42 Å². The van der Waals surface area contributed by atoms with Crippen LogP contribution in [0.1, 0.15) is 63.6 Å². The second-order valence-electron chi connectivity index (χ2n) is 13.0. The molecule has 4 aromatic rings. The summed E-state index contributed by atoms with van der Waals surface area (Å²) in [6, 6.07) is 11.4. The number of benzene rings is 4. The van der Waals surface area contributed by atoms with Gasteiger partial charge in [-0.2, -0.15) is 43.2 Å². The molecule has 0 aliphatic heterocycles. The van der Waals surface area contributed by atoms with Crippen molar-refractivity contribution in [1.82, 2.24) is 0 Å². The lowest BCUT2D eigenvalue weighted by Gasteiger charge is -2.39. The standard InChI is InChI=1S/C35H34F6O10S3/c1-6-32(4,5)51-29-18-10-24(20-31(29)54(47,48)49)33(34(36,37)38,35(39,40)41)23-9-17-28(30(19-23)53(44,45)46)50-25-11-15-27(16-12-25)52(42,43)26-13-7-22(8-14-26)21(2)3/h7-21H,6H2,1-5H3,(H,44,45,46)(H,47,48,49). The number of alkyl halides is 6. The van der Waals surface area contributed by atoms with Gasteiger partial charge in [0.1, 0.15) is 32.6 Å². The third-order valence-electron chi connectivity index (χ3n) is 8.62. The molecule has 0 unspecified atom stereocenters. The maximum Gasteiger partial charge on any atom is 0.411 e. The van der Waals surface area contributed by atoms with Gasteiger partial charge in [-0.05, 0) is 104 Å². The zero-order valence-electron chi connectivity index (χ0n) is 29.0. The first-order valence-electron chi connectivity index (χ1n) is 15.8. The molecule has 54 heavy (non-hydrogen) atoms. The topological polar surface area (TPSA) is 161 Å². The minimum Gasteiger partial charge on any atom is -0.486 e. The van der Waals surface area contributed by atoms with E-state index in [0.29, 0.717) is 12.1 Å². The molecule has 4 rings (SSSR count). The van der Waals surface area contributed by atoms with Crippen molar-refractivity contribution in [3.05, 3.63) is 102 Å². The van der Waals surface area contributed by atoms with Crippen molar-refractivity contribution in [3.63, 3.8) is 0 Å². The number of rotatable bonds is 12. The van der Waals surface area contributed by atoms with Gasteiger partial charge in [0.05, 0.1) is 9.79 Å². The van der Waals surface area contributed by atoms with Crippen LogP contribution in [0.4, 0.5) is 26.3 Å². The predicted molar refractivity (Wildman–Crippen MR) is 183 cm³/mol. The largest absolute Gasteiger partial charge is 0.486 e. The Hall–Kier alpha value is -4.17. The summed E-state index contributed by atoms with van der Waals surface area (Å²) in [5.74, 6) is -1.93. The molecular formula is C35H34F6O10S3. The van der Waals surface area contributed by atoms with E-state index in [0.717, 1.165) is 29.8 Å². The van der Waals surface area contributed by atoms with Crippen LogP contribution >= 0.6 is 0 Å². The summed E-state index contributed by atoms with van der Waals surface area (Å²) in [7, 11) is -15.3. The van der Waals surface area contributed by atoms with Crippen LogP contribution in [0.5, 0.6) is 17.2 Å². The van der Waals surface area contributed by atoms with E-state index in [-0.39, 0.29) is 52.1 Å². The summed E-state index contributed by atoms with van der Waals surface area (Å²) < 4.78 is 197. The number of hydrogen-bond acceptors (Lipinski definition) is 8. The minimum absolute atomic E-state index is 0.0571. The normalized spacial score (nSPS) is 13.6. The number of halogens is 6. The molecule has 0 atom stereocenters. The van der Waals surface area contributed by atoms with Crippen molar-refractivity contribution in [3.8, 4) is 17.2 Å². The Morgan fingerprint density at radius 1 is 0.630 bits per heavy atom. The van der Waals surface area contributed by atoms with Gasteiger partial charge in [-0.1, -0.05) is 45.0 Å². The van der Waals surface area contributed by atoms with E-state index in [2.05, 4.69) is 0 Å². The Bertz CT molecular complexity index is 2340. The number of sulfone groups is 1. The quantitative estimate of drug-likeness (QED) is 0.104. The second-order valence-corrected chi connectivity index (χ2v) is 17.8. The van der Waals surface area contributed by atoms with E-state index >= 15 is 26.3 Å². The van der Waals surface area contributed by atoms with Crippen molar-refractivity contribution in [2.45, 2.75) is 89.9 Å². The molecule has 0 aliphatic rings. The SMILES string of the molecule is CCC(C)(C)Oc1ccc(C(c2ccc(Oc3ccc(S(=O)(=O)c4ccc(C(C)C)cc4)cc3)c(S(=O)(=O)O)c2)(C(F)(F)F)C(F)(F)F)cc1S(=O)(=O)O. The van der Waals surface area contributed by atoms with Crippen LogP contribution in [-0.4, -0.2) is 52.3 Å². The fourth-order valence-electron chi connectivity index (χ4n) is 5.39. The lowest BCUT2D eigenvalue weighted by Crippen LogP contribution is -2.55. The van der Waals surface area contributed by atoms with Crippen molar-refractivity contribution in [2.75, 3.05) is 0 Å². The van der Waals surface area contributed by atoms with Crippen LogP contribution in [0.25, 0.3) is 0 Å². The molecule has 0 heterocycles. The van der Waals surface area contributed by atoms with Crippen LogP contribution in [0.3, 0.4) is 0 Å². The molecule has 0 saturated carbocycles. The highest BCUT2D eigenvalue weighted by molar-refractivity contribution is 7.91. The molecule has 0 fully saturated rings. The predicted octanol–water partition coefficient (Wildman–Crippen LogP) is 8.91. The summed E-state index contributed by atoms with van der Waals surface area (Å²) in [5.41, 5.74) is -9.12. The van der Waals surface area contributed by atoms with E-state index in [1.165, 1.54) is 26.0 Å². The molecule has 0 radical (unpaired) electrons. The lowest BCUT2D eigenvalue weighted by molar-refractivity contribution is -0.288. The first-order chi connectivity index (χ1) is 24.6. The highest BCUT2D eigenvalue weighted by atomic mass is 32.2. The fourth-order valence-corrected chi connectivity index (χ4v) is 7.93. The Morgan fingerprint density at radius 2 is 1.04 bits per heavy atom. The van der Waals surface area contributed by atoms with Gasteiger partial charge >= 0.3 is 12.4 Å². The smallest absolute Gasteiger partial charge is 0.411 e. The van der Waals surface area contributed by atoms with Gasteiger partial charge in [0, 0.05) is 0 Å². The molecule has 0 aromatic heterocycles. The van der Waals surface area contributed by atoms with E-state index < -0.39 is 85.9 Å². The highest BCUT2D eigenvalue weighted by Gasteiger charge is 2.73. The van der Waals surface area contributed by atoms with Crippen LogP contribution in [0.15, 0.2) is 105 Å². The summed E-state index contributed by atoms with van der Waals surface area (Å²) in [6.07, 6.45) is -12.6. The van der Waals surface area contributed by atoms with Gasteiger partial charge in [0.25, 0.3) is 20.2 Å². The maximum absolute atomic E-state index is 15.0. The monoisotopic (exact) mass is 824 g/mol. The van der Waals surface area contributed by atoms with Crippen LogP contribution < -0.4 is 9.47 Å². The molecule has 4 aromatic carbocycles. The molecule has 0 spiro atoms. The van der Waals surface area contributed by atoms with Crippen LogP contribution in [0.2, 0.25) is 0 Å². The molecule has 294 valence electrons. The van der Waals surface area contributed by atoms with Gasteiger partial charge in [0.15, 0.2) is 0 Å². The molecule has 19 heteroatoms. The summed E-state index contributed by atoms with van der Waals surface area (Å²) in [4.78, 5) is -3.29. The minimum atomic E-state index is -6.37. The molecule has 0 aliphatic carbocycles. The zero-order chi connectivity index (χ0) is 40.9. The summed E-state index contributed by atoms with van der Waals surface area (Å²) in [5, 5.41) is 0. The molecular weight excluding hydrogens is 791 g/mol. The maximum atomic E-state index is 15.0. The van der Waals surface area contributed by atoms with Crippen molar-refractivity contribution < 1.29 is 70.2 Å². The first-order valence-corrected chi connectivity index (χ1v) is 20.1. The van der Waals surface area contributed by atoms with E-state index in [9.17, 15) is 34.4 Å². The average molecular weight is 825 g/mol. The van der Waals surface area contributed by atoms with E-state index in [1.807, 2.05) is 13.8 Å². The average Bonchev–Trinajstić information content (AvgIpc) is 3.04. The molecule has 2 N–H and O–H groups in total. The Kier molecular flexibility index (Phi) is 11.4. The molecule has 0 amide bonds. The van der Waals surface area contributed by atoms with Gasteiger partial charge in [0.2, 0.25) is 15.3 Å². The Balaban J connectivity index is 1.87. The first kappa shape index (κ1) is 42.6. The highest BCUT2D eigenvalue weighted by Crippen LogP contribution is 2.57. The van der Waals surface area contributed by atoms with Gasteiger partial charge < -0.3 is 9.47 Å².